The number of esters is 1. The van der Waals surface area contributed by atoms with Crippen molar-refractivity contribution < 1.29 is 28.7 Å². The number of hydrogen-bond donors (Lipinski definition) is 1. The monoisotopic (exact) mass is 452 g/mol. The van der Waals surface area contributed by atoms with Gasteiger partial charge in [0.1, 0.15) is 6.61 Å². The summed E-state index contributed by atoms with van der Waals surface area (Å²) in [5.74, 6) is -1.55. The van der Waals surface area contributed by atoms with Gasteiger partial charge in [-0.3, -0.25) is 19.3 Å². The molecule has 1 aliphatic rings. The van der Waals surface area contributed by atoms with E-state index in [0.717, 1.165) is 10.5 Å². The van der Waals surface area contributed by atoms with Crippen molar-refractivity contribution in [3.05, 3.63) is 70.3 Å². The molecule has 0 saturated carbocycles. The molecular weight excluding hydrogens is 424 g/mol. The Morgan fingerprint density at radius 1 is 0.970 bits per heavy atom. The van der Waals surface area contributed by atoms with Crippen LogP contribution in [0.3, 0.4) is 0 Å². The molecule has 0 aromatic heterocycles. The van der Waals surface area contributed by atoms with Crippen molar-refractivity contribution in [2.45, 2.75) is 26.2 Å². The van der Waals surface area contributed by atoms with Crippen LogP contribution in [0.25, 0.3) is 0 Å². The van der Waals surface area contributed by atoms with Gasteiger partial charge in [-0.15, -0.1) is 0 Å². The summed E-state index contributed by atoms with van der Waals surface area (Å²) in [5, 5.41) is 2.72. The number of methoxy groups -OCH3 is 1. The van der Waals surface area contributed by atoms with E-state index in [1.807, 2.05) is 31.2 Å². The van der Waals surface area contributed by atoms with E-state index in [1.54, 1.807) is 7.11 Å². The van der Waals surface area contributed by atoms with Crippen molar-refractivity contribution in [3.8, 4) is 0 Å². The summed E-state index contributed by atoms with van der Waals surface area (Å²) in [6.45, 7) is 2.89. The van der Waals surface area contributed by atoms with Crippen molar-refractivity contribution in [2.24, 2.45) is 0 Å². The smallest absolute Gasteiger partial charge is 0.338 e. The van der Waals surface area contributed by atoms with Gasteiger partial charge < -0.3 is 14.8 Å². The number of ether oxygens (including phenoxy) is 2. The van der Waals surface area contributed by atoms with Gasteiger partial charge >= 0.3 is 5.97 Å². The van der Waals surface area contributed by atoms with Crippen LogP contribution in [0.2, 0.25) is 0 Å². The van der Waals surface area contributed by atoms with Crippen LogP contribution in [0.1, 0.15) is 55.0 Å². The average molecular weight is 453 g/mol. The van der Waals surface area contributed by atoms with E-state index in [0.29, 0.717) is 25.9 Å². The Kier molecular flexibility index (Phi) is 8.32. The number of rotatable bonds is 11. The van der Waals surface area contributed by atoms with Crippen LogP contribution in [0.4, 0.5) is 0 Å². The summed E-state index contributed by atoms with van der Waals surface area (Å²) in [6, 6.07) is 12.3. The maximum atomic E-state index is 12.6. The van der Waals surface area contributed by atoms with Gasteiger partial charge in [0.15, 0.2) is 0 Å². The summed E-state index contributed by atoms with van der Waals surface area (Å²) in [6.07, 6.45) is 1.52. The Morgan fingerprint density at radius 3 is 2.42 bits per heavy atom. The molecule has 1 heterocycles. The maximum Gasteiger partial charge on any atom is 0.338 e. The van der Waals surface area contributed by atoms with E-state index in [2.05, 4.69) is 5.32 Å². The van der Waals surface area contributed by atoms with Crippen molar-refractivity contribution in [3.63, 3.8) is 0 Å². The SMILES string of the molecule is COCCCN1C(=O)c2ccc(C(=O)OCCNC(=O)CCc3ccc(C)cc3)cc2C1=O. The summed E-state index contributed by atoms with van der Waals surface area (Å²) in [5.41, 5.74) is 2.90. The Bertz CT molecular complexity index is 1030. The van der Waals surface area contributed by atoms with Gasteiger partial charge in [-0.1, -0.05) is 29.8 Å². The van der Waals surface area contributed by atoms with Crippen molar-refractivity contribution in [1.82, 2.24) is 10.2 Å². The van der Waals surface area contributed by atoms with Gasteiger partial charge in [0, 0.05) is 26.7 Å². The lowest BCUT2D eigenvalue weighted by atomic mass is 10.1. The van der Waals surface area contributed by atoms with Crippen molar-refractivity contribution in [1.29, 1.82) is 0 Å². The Labute approximate surface area is 192 Å². The zero-order chi connectivity index (χ0) is 23.8. The minimum atomic E-state index is -0.621. The van der Waals surface area contributed by atoms with Crippen molar-refractivity contribution in [2.75, 3.05) is 33.4 Å². The van der Waals surface area contributed by atoms with Gasteiger partial charge in [0.25, 0.3) is 11.8 Å². The van der Waals surface area contributed by atoms with Gasteiger partial charge in [0.05, 0.1) is 23.2 Å². The van der Waals surface area contributed by atoms with Gasteiger partial charge in [-0.05, 0) is 43.5 Å². The molecule has 2 aromatic carbocycles. The predicted molar refractivity (Wildman–Crippen MR) is 121 cm³/mol. The summed E-state index contributed by atoms with van der Waals surface area (Å²) in [7, 11) is 1.55. The average Bonchev–Trinajstić information content (AvgIpc) is 3.05. The fourth-order valence-corrected chi connectivity index (χ4v) is 3.51. The molecule has 174 valence electrons. The lowest BCUT2D eigenvalue weighted by Gasteiger charge is -2.12. The molecule has 33 heavy (non-hydrogen) atoms. The second kappa shape index (κ2) is 11.4. The van der Waals surface area contributed by atoms with Crippen LogP contribution in [-0.2, 0) is 20.7 Å². The molecule has 0 fully saturated rings. The standard InChI is InChI=1S/C25H28N2O6/c1-17-4-6-18(7-5-17)8-11-22(28)26-12-15-33-25(31)19-9-10-20-21(16-19)24(30)27(23(20)29)13-3-14-32-2/h4-7,9-10,16H,3,8,11-15H2,1-2H3,(H,26,28). The molecule has 0 atom stereocenters. The summed E-state index contributed by atoms with van der Waals surface area (Å²) in [4.78, 5) is 50.5. The Balaban J connectivity index is 1.44. The molecule has 0 spiro atoms. The third-order valence-corrected chi connectivity index (χ3v) is 5.36. The van der Waals surface area contributed by atoms with E-state index < -0.39 is 11.9 Å². The first-order valence-electron chi connectivity index (χ1n) is 10.9. The topological polar surface area (TPSA) is 102 Å². The first kappa shape index (κ1) is 24.1. The number of nitrogens with one attached hydrogen (secondary N) is 1. The third kappa shape index (κ3) is 6.26. The zero-order valence-electron chi connectivity index (χ0n) is 18.9. The first-order chi connectivity index (χ1) is 15.9. The highest BCUT2D eigenvalue weighted by Gasteiger charge is 2.35. The molecule has 2 aromatic rings. The third-order valence-electron chi connectivity index (χ3n) is 5.36. The molecule has 8 nitrogen and oxygen atoms in total. The number of hydrogen-bond acceptors (Lipinski definition) is 6. The summed E-state index contributed by atoms with van der Waals surface area (Å²) >= 11 is 0. The van der Waals surface area contributed by atoms with E-state index in [4.69, 9.17) is 9.47 Å². The van der Waals surface area contributed by atoms with E-state index in [-0.39, 0.29) is 48.2 Å². The number of nitrogens with zero attached hydrogens (tertiary/aromatic N) is 1. The number of carbonyl (C=O) groups is 4. The second-order valence-electron chi connectivity index (χ2n) is 7.84. The van der Waals surface area contributed by atoms with Gasteiger partial charge in [0.2, 0.25) is 5.91 Å². The van der Waals surface area contributed by atoms with Crippen LogP contribution in [0.15, 0.2) is 42.5 Å². The highest BCUT2D eigenvalue weighted by molar-refractivity contribution is 6.21. The fourth-order valence-electron chi connectivity index (χ4n) is 3.51. The molecule has 0 radical (unpaired) electrons. The summed E-state index contributed by atoms with van der Waals surface area (Å²) < 4.78 is 10.2. The molecule has 1 aliphatic heterocycles. The molecule has 1 N–H and O–H groups in total. The maximum absolute atomic E-state index is 12.6. The number of carbonyl (C=O) groups excluding carboxylic acids is 4. The zero-order valence-corrected chi connectivity index (χ0v) is 18.9. The molecule has 0 bridgehead atoms. The predicted octanol–water partition coefficient (Wildman–Crippen LogP) is 2.53. The molecule has 0 unspecified atom stereocenters. The van der Waals surface area contributed by atoms with Crippen LogP contribution >= 0.6 is 0 Å². The fraction of sp³-hybridized carbons (Fsp3) is 0.360. The number of fused-ring (bicyclic) bond motifs is 1. The van der Waals surface area contributed by atoms with Crippen LogP contribution < -0.4 is 5.32 Å². The lowest BCUT2D eigenvalue weighted by molar-refractivity contribution is -0.121. The lowest BCUT2D eigenvalue weighted by Crippen LogP contribution is -2.31. The first-order valence-corrected chi connectivity index (χ1v) is 10.9. The van der Waals surface area contributed by atoms with Crippen LogP contribution in [0.5, 0.6) is 0 Å². The van der Waals surface area contributed by atoms with E-state index in [9.17, 15) is 19.2 Å². The Hall–Kier alpha value is -3.52. The molecule has 0 aliphatic carbocycles. The van der Waals surface area contributed by atoms with Gasteiger partial charge in [-0.25, -0.2) is 4.79 Å². The number of aryl methyl sites for hydroxylation is 2. The molecule has 3 rings (SSSR count). The molecule has 0 saturated heterocycles. The molecule has 8 heteroatoms. The highest BCUT2D eigenvalue weighted by Crippen LogP contribution is 2.24. The van der Waals surface area contributed by atoms with E-state index >= 15 is 0 Å². The molecular formula is C25H28N2O6. The number of benzene rings is 2. The minimum Gasteiger partial charge on any atom is -0.460 e. The second-order valence-corrected chi connectivity index (χ2v) is 7.84. The quantitative estimate of drug-likeness (QED) is 0.319. The minimum absolute atomic E-state index is 0.00219. The van der Waals surface area contributed by atoms with Crippen LogP contribution in [-0.4, -0.2) is 62.0 Å². The molecule has 3 amide bonds. The number of imide groups is 1. The van der Waals surface area contributed by atoms with Crippen LogP contribution in [0, 0.1) is 6.92 Å². The van der Waals surface area contributed by atoms with Crippen molar-refractivity contribution >= 4 is 23.7 Å². The van der Waals surface area contributed by atoms with Gasteiger partial charge in [-0.2, -0.15) is 0 Å². The largest absolute Gasteiger partial charge is 0.460 e. The normalized spacial score (nSPS) is 12.6. The number of amides is 3. The highest BCUT2D eigenvalue weighted by atomic mass is 16.5. The van der Waals surface area contributed by atoms with E-state index in [1.165, 1.54) is 23.8 Å². The Morgan fingerprint density at radius 2 is 1.70 bits per heavy atom.